The maximum Gasteiger partial charge on any atom is 0.409 e. The maximum absolute atomic E-state index is 12.2. The average molecular weight is 370 g/mol. The molecule has 0 saturated carbocycles. The van der Waals surface area contributed by atoms with Gasteiger partial charge in [-0.05, 0) is 19.1 Å². The zero-order valence-electron chi connectivity index (χ0n) is 15.2. The van der Waals surface area contributed by atoms with Crippen LogP contribution < -0.4 is 10.2 Å². The molecule has 2 amide bonds. The number of rotatable bonds is 5. The highest BCUT2D eigenvalue weighted by molar-refractivity contribution is 5.93. The van der Waals surface area contributed by atoms with Crippen molar-refractivity contribution >= 4 is 17.9 Å². The van der Waals surface area contributed by atoms with Crippen LogP contribution in [0.1, 0.15) is 23.0 Å². The Kier molecular flexibility index (Phi) is 6.14. The van der Waals surface area contributed by atoms with Gasteiger partial charge in [0.05, 0.1) is 24.4 Å². The third-order valence-corrected chi connectivity index (χ3v) is 4.15. The summed E-state index contributed by atoms with van der Waals surface area (Å²) in [5, 5.41) is 2.79. The van der Waals surface area contributed by atoms with E-state index >= 15 is 0 Å². The smallest absolute Gasteiger partial charge is 0.409 e. The van der Waals surface area contributed by atoms with Gasteiger partial charge in [0, 0.05) is 44.8 Å². The Bertz CT molecular complexity index is 760. The zero-order chi connectivity index (χ0) is 19.1. The van der Waals surface area contributed by atoms with Crippen molar-refractivity contribution in [1.82, 2.24) is 25.2 Å². The van der Waals surface area contributed by atoms with E-state index in [0.717, 1.165) is 5.69 Å². The molecule has 1 saturated heterocycles. The number of carbonyl (C=O) groups is 2. The lowest BCUT2D eigenvalue weighted by Gasteiger charge is -2.33. The van der Waals surface area contributed by atoms with Gasteiger partial charge in [0.15, 0.2) is 0 Å². The highest BCUT2D eigenvalue weighted by Crippen LogP contribution is 2.12. The van der Waals surface area contributed by atoms with E-state index in [4.69, 9.17) is 4.74 Å². The lowest BCUT2D eigenvalue weighted by molar-refractivity contribution is 0.0948. The van der Waals surface area contributed by atoms with Gasteiger partial charge >= 0.3 is 6.09 Å². The van der Waals surface area contributed by atoms with Crippen molar-refractivity contribution in [3.8, 4) is 0 Å². The Labute approximate surface area is 157 Å². The van der Waals surface area contributed by atoms with E-state index in [1.165, 1.54) is 12.4 Å². The number of hydrogen-bond acceptors (Lipinski definition) is 7. The fourth-order valence-corrected chi connectivity index (χ4v) is 2.68. The standard InChI is InChI=1S/C18H22N6O3/c1-2-27-18(26)24-9-7-23(8-10-24)17-21-11-14(12-22-17)16(25)20-13-15-5-3-4-6-19-15/h3-6,11-12H,2,7-10,13H2,1H3,(H,20,25). The fraction of sp³-hybridized carbons (Fsp3) is 0.389. The second kappa shape index (κ2) is 8.93. The van der Waals surface area contributed by atoms with Crippen LogP contribution in [-0.2, 0) is 11.3 Å². The van der Waals surface area contributed by atoms with Crippen LogP contribution in [0.15, 0.2) is 36.8 Å². The molecule has 0 bridgehead atoms. The normalized spacial score (nSPS) is 14.0. The summed E-state index contributed by atoms with van der Waals surface area (Å²) in [6.45, 7) is 4.83. The molecule has 1 aliphatic rings. The van der Waals surface area contributed by atoms with E-state index in [-0.39, 0.29) is 12.0 Å². The summed E-state index contributed by atoms with van der Waals surface area (Å²) in [5.41, 5.74) is 1.17. The lowest BCUT2D eigenvalue weighted by atomic mass is 10.3. The second-order valence-corrected chi connectivity index (χ2v) is 5.95. The Morgan fingerprint density at radius 1 is 1.11 bits per heavy atom. The number of nitrogens with one attached hydrogen (secondary N) is 1. The molecule has 3 heterocycles. The number of aromatic nitrogens is 3. The van der Waals surface area contributed by atoms with Crippen molar-refractivity contribution < 1.29 is 14.3 Å². The Hall–Kier alpha value is -3.23. The van der Waals surface area contributed by atoms with Crippen LogP contribution >= 0.6 is 0 Å². The van der Waals surface area contributed by atoms with Gasteiger partial charge in [-0.15, -0.1) is 0 Å². The number of carbonyl (C=O) groups excluding carboxylic acids is 2. The number of hydrogen-bond donors (Lipinski definition) is 1. The van der Waals surface area contributed by atoms with E-state index in [1.807, 2.05) is 23.1 Å². The Balaban J connectivity index is 1.51. The molecule has 0 aliphatic carbocycles. The number of ether oxygens (including phenoxy) is 1. The molecule has 2 aromatic rings. The third kappa shape index (κ3) is 4.90. The van der Waals surface area contributed by atoms with Crippen molar-refractivity contribution in [2.24, 2.45) is 0 Å². The quantitative estimate of drug-likeness (QED) is 0.840. The molecule has 9 heteroatoms. The molecule has 9 nitrogen and oxygen atoms in total. The fourth-order valence-electron chi connectivity index (χ4n) is 2.68. The van der Waals surface area contributed by atoms with Crippen LogP contribution in [0.25, 0.3) is 0 Å². The Morgan fingerprint density at radius 3 is 2.48 bits per heavy atom. The van der Waals surface area contributed by atoms with E-state index in [9.17, 15) is 9.59 Å². The summed E-state index contributed by atoms with van der Waals surface area (Å²) in [6.07, 6.45) is 4.40. The molecule has 0 radical (unpaired) electrons. The molecule has 2 aromatic heterocycles. The van der Waals surface area contributed by atoms with Gasteiger partial charge in [0.25, 0.3) is 5.91 Å². The van der Waals surface area contributed by atoms with Gasteiger partial charge in [-0.25, -0.2) is 14.8 Å². The molecule has 142 valence electrons. The van der Waals surface area contributed by atoms with Gasteiger partial charge in [-0.3, -0.25) is 9.78 Å². The van der Waals surface area contributed by atoms with Crippen molar-refractivity contribution in [3.05, 3.63) is 48.0 Å². The van der Waals surface area contributed by atoms with Crippen molar-refractivity contribution in [3.63, 3.8) is 0 Å². The average Bonchev–Trinajstić information content (AvgIpc) is 2.73. The predicted octanol–water partition coefficient (Wildman–Crippen LogP) is 1.08. The molecular weight excluding hydrogens is 348 g/mol. The first-order valence-electron chi connectivity index (χ1n) is 8.84. The molecular formula is C18H22N6O3. The van der Waals surface area contributed by atoms with Crippen LogP contribution in [-0.4, -0.2) is 64.6 Å². The molecule has 0 spiro atoms. The molecule has 0 atom stereocenters. The minimum Gasteiger partial charge on any atom is -0.450 e. The van der Waals surface area contributed by atoms with Gasteiger partial charge in [-0.2, -0.15) is 0 Å². The van der Waals surface area contributed by atoms with Gasteiger partial charge in [0.1, 0.15) is 0 Å². The van der Waals surface area contributed by atoms with Crippen LogP contribution in [0.2, 0.25) is 0 Å². The topological polar surface area (TPSA) is 101 Å². The molecule has 1 aliphatic heterocycles. The minimum atomic E-state index is -0.294. The number of pyridine rings is 1. The maximum atomic E-state index is 12.2. The van der Waals surface area contributed by atoms with E-state index < -0.39 is 0 Å². The van der Waals surface area contributed by atoms with Crippen LogP contribution in [0.5, 0.6) is 0 Å². The first-order valence-corrected chi connectivity index (χ1v) is 8.84. The largest absolute Gasteiger partial charge is 0.450 e. The van der Waals surface area contributed by atoms with Gasteiger partial charge in [-0.1, -0.05) is 6.07 Å². The minimum absolute atomic E-state index is 0.251. The van der Waals surface area contributed by atoms with Crippen LogP contribution in [0.4, 0.5) is 10.7 Å². The summed E-state index contributed by atoms with van der Waals surface area (Å²) < 4.78 is 5.01. The van der Waals surface area contributed by atoms with E-state index in [2.05, 4.69) is 20.3 Å². The molecule has 27 heavy (non-hydrogen) atoms. The monoisotopic (exact) mass is 370 g/mol. The number of piperazine rings is 1. The summed E-state index contributed by atoms with van der Waals surface area (Å²) in [7, 11) is 0. The van der Waals surface area contributed by atoms with Crippen molar-refractivity contribution in [2.45, 2.75) is 13.5 Å². The SMILES string of the molecule is CCOC(=O)N1CCN(c2ncc(C(=O)NCc3ccccn3)cn2)CC1. The van der Waals surface area contributed by atoms with E-state index in [1.54, 1.807) is 18.0 Å². The van der Waals surface area contributed by atoms with E-state index in [0.29, 0.717) is 50.8 Å². The van der Waals surface area contributed by atoms with Crippen LogP contribution in [0, 0.1) is 0 Å². The second-order valence-electron chi connectivity index (χ2n) is 5.95. The first-order chi connectivity index (χ1) is 13.2. The van der Waals surface area contributed by atoms with Crippen molar-refractivity contribution in [2.75, 3.05) is 37.7 Å². The highest BCUT2D eigenvalue weighted by Gasteiger charge is 2.23. The molecule has 1 fully saturated rings. The molecule has 3 rings (SSSR count). The number of anilines is 1. The zero-order valence-corrected chi connectivity index (χ0v) is 15.2. The van der Waals surface area contributed by atoms with Gasteiger partial charge < -0.3 is 19.9 Å². The molecule has 0 unspecified atom stereocenters. The molecule has 0 aromatic carbocycles. The van der Waals surface area contributed by atoms with Crippen LogP contribution in [0.3, 0.4) is 0 Å². The third-order valence-electron chi connectivity index (χ3n) is 4.15. The van der Waals surface area contributed by atoms with Crippen molar-refractivity contribution in [1.29, 1.82) is 0 Å². The lowest BCUT2D eigenvalue weighted by Crippen LogP contribution is -2.49. The number of amides is 2. The summed E-state index contributed by atoms with van der Waals surface area (Å²) in [6, 6.07) is 5.54. The van der Waals surface area contributed by atoms with Gasteiger partial charge in [0.2, 0.25) is 5.95 Å². The summed E-state index contributed by atoms with van der Waals surface area (Å²) in [5.74, 6) is 0.291. The first kappa shape index (κ1) is 18.6. The summed E-state index contributed by atoms with van der Waals surface area (Å²) in [4.78, 5) is 40.3. The molecule has 1 N–H and O–H groups in total. The number of nitrogens with zero attached hydrogens (tertiary/aromatic N) is 5. The Morgan fingerprint density at radius 2 is 1.85 bits per heavy atom. The highest BCUT2D eigenvalue weighted by atomic mass is 16.6. The summed E-state index contributed by atoms with van der Waals surface area (Å²) >= 11 is 0. The predicted molar refractivity (Wildman–Crippen MR) is 98.2 cm³/mol.